The Bertz CT molecular complexity index is 667. The lowest BCUT2D eigenvalue weighted by atomic mass is 10.2. The number of amides is 1. The summed E-state index contributed by atoms with van der Waals surface area (Å²) in [5.41, 5.74) is 0.183. The molecule has 0 saturated carbocycles. The van der Waals surface area contributed by atoms with Crippen LogP contribution in [0.3, 0.4) is 0 Å². The molecular weight excluding hydrogens is 351 g/mol. The van der Waals surface area contributed by atoms with E-state index in [4.69, 9.17) is 16.3 Å². The molecule has 0 unspecified atom stereocenters. The Kier molecular flexibility index (Phi) is 4.57. The molecule has 104 valence electrons. The van der Waals surface area contributed by atoms with Crippen molar-refractivity contribution in [1.82, 2.24) is 4.98 Å². The smallest absolute Gasteiger partial charge is 0.258 e. The van der Waals surface area contributed by atoms with Crippen LogP contribution >= 0.6 is 27.5 Å². The van der Waals surface area contributed by atoms with Crippen molar-refractivity contribution in [2.24, 2.45) is 0 Å². The van der Waals surface area contributed by atoms with Gasteiger partial charge in [-0.15, -0.1) is 0 Å². The van der Waals surface area contributed by atoms with Gasteiger partial charge in [0.2, 0.25) is 0 Å². The maximum Gasteiger partial charge on any atom is 0.258 e. The monoisotopic (exact) mass is 358 g/mol. The van der Waals surface area contributed by atoms with Crippen molar-refractivity contribution >= 4 is 39.1 Å². The number of carbonyl (C=O) groups is 1. The Morgan fingerprint density at radius 2 is 2.20 bits per heavy atom. The fourth-order valence-electron chi connectivity index (χ4n) is 1.51. The first kappa shape index (κ1) is 14.7. The highest BCUT2D eigenvalue weighted by atomic mass is 79.9. The van der Waals surface area contributed by atoms with Gasteiger partial charge in [0.05, 0.1) is 18.4 Å². The number of hydrogen-bond acceptors (Lipinski definition) is 3. The van der Waals surface area contributed by atoms with E-state index in [9.17, 15) is 9.18 Å². The van der Waals surface area contributed by atoms with Gasteiger partial charge in [-0.1, -0.05) is 11.6 Å². The average Bonchev–Trinajstić information content (AvgIpc) is 2.42. The number of pyridine rings is 1. The summed E-state index contributed by atoms with van der Waals surface area (Å²) in [7, 11) is 1.42. The number of carbonyl (C=O) groups excluding carboxylic acids is 1. The number of rotatable bonds is 3. The molecule has 0 aliphatic carbocycles. The molecule has 2 aromatic rings. The van der Waals surface area contributed by atoms with E-state index in [0.29, 0.717) is 15.9 Å². The third-order valence-corrected chi connectivity index (χ3v) is 3.21. The molecule has 2 rings (SSSR count). The zero-order chi connectivity index (χ0) is 14.7. The van der Waals surface area contributed by atoms with Crippen LogP contribution in [-0.4, -0.2) is 18.0 Å². The Hall–Kier alpha value is -1.66. The summed E-state index contributed by atoms with van der Waals surface area (Å²) in [6, 6.07) is 5.55. The number of halogens is 3. The van der Waals surface area contributed by atoms with Crippen molar-refractivity contribution in [1.29, 1.82) is 0 Å². The lowest BCUT2D eigenvalue weighted by molar-refractivity contribution is 0.102. The van der Waals surface area contributed by atoms with Gasteiger partial charge in [-0.25, -0.2) is 9.37 Å². The van der Waals surface area contributed by atoms with E-state index in [1.165, 1.54) is 25.4 Å². The summed E-state index contributed by atoms with van der Waals surface area (Å²) in [5, 5.41) is 2.62. The molecule has 0 aliphatic rings. The second kappa shape index (κ2) is 6.19. The van der Waals surface area contributed by atoms with Crippen molar-refractivity contribution in [2.45, 2.75) is 0 Å². The van der Waals surface area contributed by atoms with Crippen LogP contribution in [0.15, 0.2) is 34.9 Å². The fraction of sp³-hybridized carbons (Fsp3) is 0.0769. The second-order valence-electron chi connectivity index (χ2n) is 3.79. The highest BCUT2D eigenvalue weighted by Gasteiger charge is 2.14. The quantitative estimate of drug-likeness (QED) is 0.846. The number of nitrogens with zero attached hydrogens (tertiary/aromatic N) is 1. The normalized spacial score (nSPS) is 10.2. The van der Waals surface area contributed by atoms with Crippen LogP contribution in [0.4, 0.5) is 10.1 Å². The molecule has 0 atom stereocenters. The molecule has 0 saturated heterocycles. The van der Waals surface area contributed by atoms with Gasteiger partial charge >= 0.3 is 0 Å². The minimum Gasteiger partial charge on any atom is -0.497 e. The molecule has 1 aromatic heterocycles. The molecule has 1 N–H and O–H groups in total. The summed E-state index contributed by atoms with van der Waals surface area (Å²) in [6.45, 7) is 0. The number of nitrogens with one attached hydrogen (secondary N) is 1. The third kappa shape index (κ3) is 3.26. The van der Waals surface area contributed by atoms with Gasteiger partial charge in [0.1, 0.15) is 11.6 Å². The lowest BCUT2D eigenvalue weighted by Gasteiger charge is -2.08. The van der Waals surface area contributed by atoms with Gasteiger partial charge in [0.15, 0.2) is 5.15 Å². The maximum absolute atomic E-state index is 13.8. The number of aromatic nitrogens is 1. The number of benzene rings is 1. The molecule has 7 heteroatoms. The van der Waals surface area contributed by atoms with Gasteiger partial charge in [0, 0.05) is 16.7 Å². The maximum atomic E-state index is 13.8. The Labute approximate surface area is 128 Å². The van der Waals surface area contributed by atoms with E-state index >= 15 is 0 Å². The van der Waals surface area contributed by atoms with Gasteiger partial charge in [0.25, 0.3) is 5.91 Å². The van der Waals surface area contributed by atoms with Crippen LogP contribution in [0.1, 0.15) is 10.4 Å². The fourth-order valence-corrected chi connectivity index (χ4v) is 1.99. The summed E-state index contributed by atoms with van der Waals surface area (Å²) < 4.78 is 19.3. The Morgan fingerprint density at radius 3 is 2.85 bits per heavy atom. The molecule has 1 aromatic carbocycles. The van der Waals surface area contributed by atoms with Crippen molar-refractivity contribution in [3.05, 3.63) is 51.5 Å². The molecule has 0 aliphatic heterocycles. The second-order valence-corrected chi connectivity index (χ2v) is 5.07. The van der Waals surface area contributed by atoms with Crippen LogP contribution < -0.4 is 10.1 Å². The van der Waals surface area contributed by atoms with E-state index in [0.717, 1.165) is 6.07 Å². The Morgan fingerprint density at radius 1 is 1.45 bits per heavy atom. The molecule has 0 bridgehead atoms. The van der Waals surface area contributed by atoms with E-state index in [-0.39, 0.29) is 10.7 Å². The van der Waals surface area contributed by atoms with Crippen molar-refractivity contribution < 1.29 is 13.9 Å². The zero-order valence-corrected chi connectivity index (χ0v) is 12.6. The van der Waals surface area contributed by atoms with Crippen molar-refractivity contribution in [2.75, 3.05) is 12.4 Å². The first-order valence-electron chi connectivity index (χ1n) is 5.47. The molecular formula is C13H9BrClFN2O2. The summed E-state index contributed by atoms with van der Waals surface area (Å²) >= 11 is 9.07. The SMILES string of the molecule is COc1ccc(C(=O)Nc2cc(Br)cnc2Cl)c(F)c1. The van der Waals surface area contributed by atoms with Gasteiger partial charge in [-0.3, -0.25) is 4.79 Å². The molecule has 0 radical (unpaired) electrons. The molecule has 1 heterocycles. The van der Waals surface area contributed by atoms with Gasteiger partial charge in [-0.2, -0.15) is 0 Å². The highest BCUT2D eigenvalue weighted by Crippen LogP contribution is 2.24. The summed E-state index contributed by atoms with van der Waals surface area (Å²) in [5.74, 6) is -0.964. The van der Waals surface area contributed by atoms with Crippen LogP contribution in [0, 0.1) is 5.82 Å². The summed E-state index contributed by atoms with van der Waals surface area (Å²) in [4.78, 5) is 15.9. The molecule has 4 nitrogen and oxygen atoms in total. The number of anilines is 1. The van der Waals surface area contributed by atoms with Gasteiger partial charge < -0.3 is 10.1 Å². The topological polar surface area (TPSA) is 51.2 Å². The van der Waals surface area contributed by atoms with E-state index in [1.807, 2.05) is 0 Å². The zero-order valence-electron chi connectivity index (χ0n) is 10.3. The largest absolute Gasteiger partial charge is 0.497 e. The minimum atomic E-state index is -0.680. The van der Waals surface area contributed by atoms with Crippen LogP contribution in [0.2, 0.25) is 5.15 Å². The average molecular weight is 360 g/mol. The minimum absolute atomic E-state index is 0.109. The molecule has 0 fully saturated rings. The third-order valence-electron chi connectivity index (χ3n) is 2.47. The van der Waals surface area contributed by atoms with Crippen molar-refractivity contribution in [3.63, 3.8) is 0 Å². The van der Waals surface area contributed by atoms with Gasteiger partial charge in [-0.05, 0) is 34.1 Å². The molecule has 0 spiro atoms. The van der Waals surface area contributed by atoms with Crippen molar-refractivity contribution in [3.8, 4) is 5.75 Å². The van der Waals surface area contributed by atoms with Crippen LogP contribution in [-0.2, 0) is 0 Å². The van der Waals surface area contributed by atoms with Crippen LogP contribution in [0.5, 0.6) is 5.75 Å². The number of methoxy groups -OCH3 is 1. The standard InChI is InChI=1S/C13H9BrClFN2O2/c1-20-8-2-3-9(10(16)5-8)13(19)18-11-4-7(14)6-17-12(11)15/h2-6H,1H3,(H,18,19). The first-order valence-corrected chi connectivity index (χ1v) is 6.64. The van der Waals surface area contributed by atoms with E-state index < -0.39 is 11.7 Å². The molecule has 20 heavy (non-hydrogen) atoms. The number of hydrogen-bond donors (Lipinski definition) is 1. The predicted molar refractivity (Wildman–Crippen MR) is 77.9 cm³/mol. The van der Waals surface area contributed by atoms with E-state index in [1.54, 1.807) is 6.07 Å². The predicted octanol–water partition coefficient (Wildman–Crippen LogP) is 3.90. The highest BCUT2D eigenvalue weighted by molar-refractivity contribution is 9.10. The first-order chi connectivity index (χ1) is 9.51. The number of ether oxygens (including phenoxy) is 1. The van der Waals surface area contributed by atoms with E-state index in [2.05, 4.69) is 26.2 Å². The molecule has 1 amide bonds. The summed E-state index contributed by atoms with van der Waals surface area (Å²) in [6.07, 6.45) is 1.49. The Balaban J connectivity index is 2.26. The lowest BCUT2D eigenvalue weighted by Crippen LogP contribution is -2.14. The van der Waals surface area contributed by atoms with Crippen LogP contribution in [0.25, 0.3) is 0 Å².